The topological polar surface area (TPSA) is 58.6 Å². The van der Waals surface area contributed by atoms with Crippen molar-refractivity contribution in [3.63, 3.8) is 0 Å². The Bertz CT molecular complexity index is 525. The van der Waals surface area contributed by atoms with Crippen LogP contribution >= 0.6 is 0 Å². The minimum absolute atomic E-state index is 0.0867. The molecule has 0 spiro atoms. The van der Waals surface area contributed by atoms with E-state index in [0.717, 1.165) is 12.8 Å². The smallest absolute Gasteiger partial charge is 0.422 e. The van der Waals surface area contributed by atoms with Crippen LogP contribution in [0.25, 0.3) is 0 Å². The highest BCUT2D eigenvalue weighted by Gasteiger charge is 2.38. The molecule has 7 heteroatoms. The first kappa shape index (κ1) is 16.6. The molecular formula is C15H18F3NO3. The van der Waals surface area contributed by atoms with Crippen LogP contribution in [0.5, 0.6) is 5.75 Å². The van der Waals surface area contributed by atoms with Crippen molar-refractivity contribution < 1.29 is 27.8 Å². The molecule has 0 saturated heterocycles. The molecule has 0 atom stereocenters. The molecule has 1 amide bonds. The molecule has 0 unspecified atom stereocenters. The van der Waals surface area contributed by atoms with Gasteiger partial charge in [0.2, 0.25) is 0 Å². The molecule has 1 fully saturated rings. The van der Waals surface area contributed by atoms with E-state index in [1.165, 1.54) is 12.1 Å². The molecule has 4 nitrogen and oxygen atoms in total. The van der Waals surface area contributed by atoms with Gasteiger partial charge in [-0.1, -0.05) is 12.1 Å². The molecule has 1 aliphatic rings. The van der Waals surface area contributed by atoms with Gasteiger partial charge in [-0.15, -0.1) is 0 Å². The van der Waals surface area contributed by atoms with E-state index in [4.69, 9.17) is 0 Å². The van der Waals surface area contributed by atoms with Crippen molar-refractivity contribution in [1.82, 2.24) is 5.32 Å². The second kappa shape index (κ2) is 6.56. The molecule has 1 aromatic rings. The summed E-state index contributed by atoms with van der Waals surface area (Å²) >= 11 is 0. The van der Waals surface area contributed by atoms with Crippen molar-refractivity contribution in [2.24, 2.45) is 0 Å². The standard InChI is InChI=1S/C15H18F3NO3/c16-15(17,18)10-22-12-5-3-4-11(8-12)9-19-13(20)14(21)6-1-2-7-14/h3-5,8,21H,1-2,6-7,9-10H2,(H,19,20). The van der Waals surface area contributed by atoms with Crippen molar-refractivity contribution >= 4 is 5.91 Å². The second-order valence-corrected chi connectivity index (χ2v) is 5.47. The highest BCUT2D eigenvalue weighted by atomic mass is 19.4. The van der Waals surface area contributed by atoms with Crippen molar-refractivity contribution in [3.8, 4) is 5.75 Å². The van der Waals surface area contributed by atoms with Crippen LogP contribution in [0.15, 0.2) is 24.3 Å². The van der Waals surface area contributed by atoms with Gasteiger partial charge in [-0.05, 0) is 43.4 Å². The second-order valence-electron chi connectivity index (χ2n) is 5.47. The Morgan fingerprint density at radius 2 is 2.00 bits per heavy atom. The maximum atomic E-state index is 12.1. The van der Waals surface area contributed by atoms with Crippen LogP contribution in [-0.4, -0.2) is 29.4 Å². The monoisotopic (exact) mass is 317 g/mol. The van der Waals surface area contributed by atoms with Gasteiger partial charge in [0.25, 0.3) is 5.91 Å². The van der Waals surface area contributed by atoms with E-state index in [1.807, 2.05) is 0 Å². The fourth-order valence-electron chi connectivity index (χ4n) is 2.44. The maximum Gasteiger partial charge on any atom is 0.422 e. The van der Waals surface area contributed by atoms with E-state index >= 15 is 0 Å². The van der Waals surface area contributed by atoms with Crippen molar-refractivity contribution in [3.05, 3.63) is 29.8 Å². The average molecular weight is 317 g/mol. The van der Waals surface area contributed by atoms with Crippen LogP contribution < -0.4 is 10.1 Å². The summed E-state index contributed by atoms with van der Waals surface area (Å²) in [5.41, 5.74) is -0.709. The number of benzene rings is 1. The Kier molecular flexibility index (Phi) is 4.95. The van der Waals surface area contributed by atoms with Crippen molar-refractivity contribution in [2.75, 3.05) is 6.61 Å². The summed E-state index contributed by atoms with van der Waals surface area (Å²) in [6.45, 7) is -1.23. The molecule has 0 aromatic heterocycles. The zero-order valence-corrected chi connectivity index (χ0v) is 11.9. The molecular weight excluding hydrogens is 299 g/mol. The molecule has 1 aromatic carbocycles. The molecule has 0 aliphatic heterocycles. The fraction of sp³-hybridized carbons (Fsp3) is 0.533. The SMILES string of the molecule is O=C(NCc1cccc(OCC(F)(F)F)c1)C1(O)CCCC1. The molecule has 1 aliphatic carbocycles. The van der Waals surface area contributed by atoms with E-state index in [2.05, 4.69) is 10.1 Å². The predicted octanol–water partition coefficient (Wildman–Crippen LogP) is 2.55. The van der Waals surface area contributed by atoms with Gasteiger partial charge in [0.05, 0.1) is 0 Å². The molecule has 2 N–H and O–H groups in total. The lowest BCUT2D eigenvalue weighted by Gasteiger charge is -2.21. The molecule has 0 bridgehead atoms. The number of hydrogen-bond acceptors (Lipinski definition) is 3. The van der Waals surface area contributed by atoms with Gasteiger partial charge in [0.15, 0.2) is 6.61 Å². The number of hydrogen-bond donors (Lipinski definition) is 2. The van der Waals surface area contributed by atoms with Gasteiger partial charge in [-0.25, -0.2) is 0 Å². The number of halogens is 3. The Morgan fingerprint density at radius 3 is 2.64 bits per heavy atom. The summed E-state index contributed by atoms with van der Waals surface area (Å²) in [5, 5.41) is 12.7. The third-order valence-electron chi connectivity index (χ3n) is 3.61. The van der Waals surface area contributed by atoms with E-state index in [0.29, 0.717) is 18.4 Å². The summed E-state index contributed by atoms with van der Waals surface area (Å²) in [7, 11) is 0. The number of carbonyl (C=O) groups is 1. The van der Waals surface area contributed by atoms with E-state index < -0.39 is 24.3 Å². The zero-order valence-electron chi connectivity index (χ0n) is 11.9. The number of alkyl halides is 3. The van der Waals surface area contributed by atoms with Crippen LogP contribution in [0, 0.1) is 0 Å². The lowest BCUT2D eigenvalue weighted by Crippen LogP contribution is -2.44. The fourth-order valence-corrected chi connectivity index (χ4v) is 2.44. The largest absolute Gasteiger partial charge is 0.484 e. The zero-order chi connectivity index (χ0) is 16.2. The van der Waals surface area contributed by atoms with Gasteiger partial charge >= 0.3 is 6.18 Å². The summed E-state index contributed by atoms with van der Waals surface area (Å²) in [4.78, 5) is 11.9. The first-order chi connectivity index (χ1) is 10.3. The van der Waals surface area contributed by atoms with Crippen molar-refractivity contribution in [2.45, 2.75) is 44.0 Å². The lowest BCUT2D eigenvalue weighted by atomic mass is 10.0. The molecule has 0 heterocycles. The lowest BCUT2D eigenvalue weighted by molar-refractivity contribution is -0.153. The Balaban J connectivity index is 1.89. The Labute approximate surface area is 126 Å². The highest BCUT2D eigenvalue weighted by molar-refractivity contribution is 5.85. The number of amides is 1. The van der Waals surface area contributed by atoms with Crippen LogP contribution in [0.2, 0.25) is 0 Å². The summed E-state index contributed by atoms with van der Waals surface area (Å²) < 4.78 is 41.0. The van der Waals surface area contributed by atoms with Gasteiger partial charge in [0.1, 0.15) is 11.4 Å². The van der Waals surface area contributed by atoms with Crippen LogP contribution in [0.1, 0.15) is 31.2 Å². The number of ether oxygens (including phenoxy) is 1. The number of nitrogens with one attached hydrogen (secondary N) is 1. The van der Waals surface area contributed by atoms with Crippen molar-refractivity contribution in [1.29, 1.82) is 0 Å². The molecule has 1 saturated carbocycles. The minimum Gasteiger partial charge on any atom is -0.484 e. The summed E-state index contributed by atoms with van der Waals surface area (Å²) in [6, 6.07) is 6.07. The summed E-state index contributed by atoms with van der Waals surface area (Å²) in [6.07, 6.45) is -1.90. The predicted molar refractivity (Wildman–Crippen MR) is 73.3 cm³/mol. The maximum absolute atomic E-state index is 12.1. The third kappa shape index (κ3) is 4.62. The van der Waals surface area contributed by atoms with Gasteiger partial charge < -0.3 is 15.2 Å². The highest BCUT2D eigenvalue weighted by Crippen LogP contribution is 2.29. The van der Waals surface area contributed by atoms with Gasteiger partial charge in [-0.3, -0.25) is 4.79 Å². The first-order valence-electron chi connectivity index (χ1n) is 7.08. The molecule has 22 heavy (non-hydrogen) atoms. The van der Waals surface area contributed by atoms with E-state index in [-0.39, 0.29) is 12.3 Å². The molecule has 122 valence electrons. The van der Waals surface area contributed by atoms with Crippen LogP contribution in [-0.2, 0) is 11.3 Å². The van der Waals surface area contributed by atoms with Gasteiger partial charge in [-0.2, -0.15) is 13.2 Å². The summed E-state index contributed by atoms with van der Waals surface area (Å²) in [5.74, 6) is -0.352. The normalized spacial score (nSPS) is 17.3. The first-order valence-corrected chi connectivity index (χ1v) is 7.08. The van der Waals surface area contributed by atoms with E-state index in [1.54, 1.807) is 12.1 Å². The number of carbonyl (C=O) groups excluding carboxylic acids is 1. The quantitative estimate of drug-likeness (QED) is 0.877. The average Bonchev–Trinajstić information content (AvgIpc) is 2.90. The number of rotatable bonds is 5. The van der Waals surface area contributed by atoms with Crippen LogP contribution in [0.3, 0.4) is 0 Å². The van der Waals surface area contributed by atoms with Crippen LogP contribution in [0.4, 0.5) is 13.2 Å². The number of aliphatic hydroxyl groups is 1. The molecule has 0 radical (unpaired) electrons. The van der Waals surface area contributed by atoms with E-state index in [9.17, 15) is 23.1 Å². The Morgan fingerprint density at radius 1 is 1.32 bits per heavy atom. The van der Waals surface area contributed by atoms with Gasteiger partial charge in [0, 0.05) is 6.54 Å². The minimum atomic E-state index is -4.39. The molecule has 2 rings (SSSR count). The third-order valence-corrected chi connectivity index (χ3v) is 3.61. The Hall–Kier alpha value is -1.76.